The van der Waals surface area contributed by atoms with Gasteiger partial charge in [-0.05, 0) is 47.9 Å². The van der Waals surface area contributed by atoms with E-state index in [2.05, 4.69) is 5.32 Å². The molecule has 0 radical (unpaired) electrons. The highest BCUT2D eigenvalue weighted by atomic mass is 35.5. The zero-order chi connectivity index (χ0) is 15.2. The lowest BCUT2D eigenvalue weighted by Crippen LogP contribution is -2.07. The molecule has 108 valence electrons. The largest absolute Gasteiger partial charge is 0.392 e. The molecule has 0 bridgehead atoms. The summed E-state index contributed by atoms with van der Waals surface area (Å²) in [6.45, 7) is 1.92. The third kappa shape index (κ3) is 4.45. The first kappa shape index (κ1) is 15.3. The van der Waals surface area contributed by atoms with Crippen LogP contribution in [0.15, 0.2) is 48.5 Å². The lowest BCUT2D eigenvalue weighted by Gasteiger charge is -2.03. The number of rotatable bonds is 4. The Hall–Kier alpha value is -2.10. The molecule has 2 rings (SSSR count). The molecule has 0 aromatic heterocycles. The first-order valence-electron chi connectivity index (χ1n) is 6.53. The molecule has 0 heterocycles. The summed E-state index contributed by atoms with van der Waals surface area (Å²) in [5.41, 5.74) is 3.36. The van der Waals surface area contributed by atoms with E-state index in [1.807, 2.05) is 25.1 Å². The second kappa shape index (κ2) is 7.07. The topological polar surface area (TPSA) is 49.3 Å². The van der Waals surface area contributed by atoms with Crippen LogP contribution in [0.5, 0.6) is 0 Å². The summed E-state index contributed by atoms with van der Waals surface area (Å²) < 4.78 is 0. The van der Waals surface area contributed by atoms with Gasteiger partial charge in [0.1, 0.15) is 0 Å². The molecule has 0 aliphatic carbocycles. The van der Waals surface area contributed by atoms with Gasteiger partial charge < -0.3 is 10.4 Å². The number of hydrogen-bond acceptors (Lipinski definition) is 2. The fourth-order valence-corrected chi connectivity index (χ4v) is 1.95. The summed E-state index contributed by atoms with van der Waals surface area (Å²) in [6, 6.07) is 12.7. The van der Waals surface area contributed by atoms with Crippen molar-refractivity contribution < 1.29 is 9.90 Å². The lowest BCUT2D eigenvalue weighted by atomic mass is 10.1. The molecule has 0 aliphatic heterocycles. The number of aryl methyl sites for hydroxylation is 1. The van der Waals surface area contributed by atoms with Crippen LogP contribution in [0, 0.1) is 6.92 Å². The van der Waals surface area contributed by atoms with Crippen LogP contribution in [0.2, 0.25) is 5.02 Å². The van der Waals surface area contributed by atoms with Crippen LogP contribution in [-0.2, 0) is 11.4 Å². The summed E-state index contributed by atoms with van der Waals surface area (Å²) in [7, 11) is 0. The summed E-state index contributed by atoms with van der Waals surface area (Å²) in [5, 5.41) is 12.4. The van der Waals surface area contributed by atoms with E-state index in [1.54, 1.807) is 30.3 Å². The van der Waals surface area contributed by atoms with Gasteiger partial charge in [0.2, 0.25) is 5.91 Å². The average molecular weight is 302 g/mol. The molecule has 2 N–H and O–H groups in total. The monoisotopic (exact) mass is 301 g/mol. The van der Waals surface area contributed by atoms with E-state index in [4.69, 9.17) is 16.7 Å². The van der Waals surface area contributed by atoms with Gasteiger partial charge >= 0.3 is 0 Å². The Labute approximate surface area is 128 Å². The summed E-state index contributed by atoms with van der Waals surface area (Å²) in [6.07, 6.45) is 3.17. The molecular weight excluding hydrogens is 286 g/mol. The van der Waals surface area contributed by atoms with Crippen molar-refractivity contribution >= 4 is 29.3 Å². The van der Waals surface area contributed by atoms with Gasteiger partial charge in [-0.1, -0.05) is 35.9 Å². The van der Waals surface area contributed by atoms with Gasteiger partial charge in [0, 0.05) is 16.8 Å². The minimum atomic E-state index is -0.219. The van der Waals surface area contributed by atoms with E-state index >= 15 is 0 Å². The Morgan fingerprint density at radius 1 is 1.24 bits per heavy atom. The highest BCUT2D eigenvalue weighted by Crippen LogP contribution is 2.17. The Morgan fingerprint density at radius 3 is 2.57 bits per heavy atom. The van der Waals surface area contributed by atoms with Crippen molar-refractivity contribution in [2.75, 3.05) is 5.32 Å². The molecule has 0 spiro atoms. The molecule has 0 saturated heterocycles. The number of amides is 1. The molecule has 3 nitrogen and oxygen atoms in total. The molecule has 0 atom stereocenters. The van der Waals surface area contributed by atoms with Crippen LogP contribution in [0.1, 0.15) is 16.7 Å². The third-order valence-electron chi connectivity index (χ3n) is 3.03. The predicted octanol–water partition coefficient (Wildman–Crippen LogP) is 3.79. The summed E-state index contributed by atoms with van der Waals surface area (Å²) in [4.78, 5) is 11.8. The lowest BCUT2D eigenvalue weighted by molar-refractivity contribution is -0.111. The first-order valence-corrected chi connectivity index (χ1v) is 6.91. The van der Waals surface area contributed by atoms with Crippen LogP contribution < -0.4 is 5.32 Å². The predicted molar refractivity (Wildman–Crippen MR) is 86.2 cm³/mol. The Morgan fingerprint density at radius 2 is 1.95 bits per heavy atom. The van der Waals surface area contributed by atoms with Gasteiger partial charge in [0.15, 0.2) is 0 Å². The van der Waals surface area contributed by atoms with E-state index in [0.717, 1.165) is 16.7 Å². The number of aliphatic hydroxyl groups is 1. The maximum Gasteiger partial charge on any atom is 0.248 e. The number of hydrogen-bond donors (Lipinski definition) is 2. The average Bonchev–Trinajstić information content (AvgIpc) is 2.49. The van der Waals surface area contributed by atoms with Crippen LogP contribution in [0.25, 0.3) is 6.08 Å². The molecule has 2 aromatic carbocycles. The van der Waals surface area contributed by atoms with E-state index in [9.17, 15) is 4.79 Å². The second-order valence-electron chi connectivity index (χ2n) is 4.69. The van der Waals surface area contributed by atoms with Crippen LogP contribution in [0.3, 0.4) is 0 Å². The quantitative estimate of drug-likeness (QED) is 0.844. The number of anilines is 1. The van der Waals surface area contributed by atoms with Crippen molar-refractivity contribution in [3.05, 3.63) is 70.3 Å². The zero-order valence-electron chi connectivity index (χ0n) is 11.6. The minimum Gasteiger partial charge on any atom is -0.392 e. The van der Waals surface area contributed by atoms with Crippen molar-refractivity contribution in [2.45, 2.75) is 13.5 Å². The Kier molecular flexibility index (Phi) is 5.14. The molecule has 4 heteroatoms. The van der Waals surface area contributed by atoms with Crippen molar-refractivity contribution in [1.82, 2.24) is 0 Å². The number of carbonyl (C=O) groups is 1. The maximum atomic E-state index is 11.8. The van der Waals surface area contributed by atoms with E-state index in [-0.39, 0.29) is 12.5 Å². The molecule has 0 fully saturated rings. The van der Waals surface area contributed by atoms with Gasteiger partial charge in [0.25, 0.3) is 0 Å². The summed E-state index contributed by atoms with van der Waals surface area (Å²) >= 11 is 6.03. The van der Waals surface area contributed by atoms with Crippen LogP contribution in [0.4, 0.5) is 5.69 Å². The number of nitrogens with one attached hydrogen (secondary N) is 1. The van der Waals surface area contributed by atoms with Gasteiger partial charge in [-0.3, -0.25) is 4.79 Å². The van der Waals surface area contributed by atoms with Crippen molar-refractivity contribution in [3.8, 4) is 0 Å². The first-order chi connectivity index (χ1) is 10.1. The fourth-order valence-electron chi connectivity index (χ4n) is 1.76. The maximum absolute atomic E-state index is 11.8. The van der Waals surface area contributed by atoms with E-state index in [1.165, 1.54) is 6.08 Å². The number of carbonyl (C=O) groups excluding carboxylic acids is 1. The van der Waals surface area contributed by atoms with E-state index < -0.39 is 0 Å². The molecule has 21 heavy (non-hydrogen) atoms. The fraction of sp³-hybridized carbons (Fsp3) is 0.118. The normalized spacial score (nSPS) is 10.8. The standard InChI is InChI=1S/C17H16ClNO2/c1-12-2-3-13(10-16(12)18)6-9-17(21)19-15-7-4-14(11-20)5-8-15/h2-10,20H,11H2,1H3,(H,19,21). The number of benzene rings is 2. The molecule has 1 amide bonds. The Balaban J connectivity index is 1.99. The highest BCUT2D eigenvalue weighted by molar-refractivity contribution is 6.31. The highest BCUT2D eigenvalue weighted by Gasteiger charge is 1.99. The number of aliphatic hydroxyl groups excluding tert-OH is 1. The smallest absolute Gasteiger partial charge is 0.248 e. The van der Waals surface area contributed by atoms with E-state index in [0.29, 0.717) is 10.7 Å². The van der Waals surface area contributed by atoms with Gasteiger partial charge in [-0.15, -0.1) is 0 Å². The third-order valence-corrected chi connectivity index (χ3v) is 3.43. The van der Waals surface area contributed by atoms with Gasteiger partial charge in [-0.25, -0.2) is 0 Å². The van der Waals surface area contributed by atoms with Crippen molar-refractivity contribution in [3.63, 3.8) is 0 Å². The summed E-state index contributed by atoms with van der Waals surface area (Å²) in [5.74, 6) is -0.219. The number of halogens is 1. The second-order valence-corrected chi connectivity index (χ2v) is 5.09. The van der Waals surface area contributed by atoms with Crippen LogP contribution in [-0.4, -0.2) is 11.0 Å². The molecule has 0 saturated carbocycles. The molecule has 2 aromatic rings. The minimum absolute atomic E-state index is 0.0116. The zero-order valence-corrected chi connectivity index (χ0v) is 12.4. The van der Waals surface area contributed by atoms with Crippen molar-refractivity contribution in [2.24, 2.45) is 0 Å². The molecule has 0 unspecified atom stereocenters. The van der Waals surface area contributed by atoms with Crippen LogP contribution >= 0.6 is 11.6 Å². The molecular formula is C17H16ClNO2. The van der Waals surface area contributed by atoms with Gasteiger partial charge in [-0.2, -0.15) is 0 Å². The SMILES string of the molecule is Cc1ccc(C=CC(=O)Nc2ccc(CO)cc2)cc1Cl. The molecule has 0 aliphatic rings. The van der Waals surface area contributed by atoms with Crippen molar-refractivity contribution in [1.29, 1.82) is 0 Å². The Bertz CT molecular complexity index is 663. The van der Waals surface area contributed by atoms with Gasteiger partial charge in [0.05, 0.1) is 6.61 Å².